The summed E-state index contributed by atoms with van der Waals surface area (Å²) >= 11 is 2.24. The van der Waals surface area contributed by atoms with Crippen LogP contribution in [0.25, 0.3) is 0 Å². The third-order valence-electron chi connectivity index (χ3n) is 3.05. The van der Waals surface area contributed by atoms with Crippen molar-refractivity contribution >= 4 is 28.5 Å². The van der Waals surface area contributed by atoms with Crippen molar-refractivity contribution in [2.75, 3.05) is 19.7 Å². The van der Waals surface area contributed by atoms with Gasteiger partial charge in [-0.25, -0.2) is 0 Å². The van der Waals surface area contributed by atoms with Crippen molar-refractivity contribution in [3.05, 3.63) is 32.9 Å². The number of rotatable bonds is 4. The second-order valence-electron chi connectivity index (χ2n) is 4.76. The van der Waals surface area contributed by atoms with Gasteiger partial charge in [0.25, 0.3) is 5.91 Å². The molecule has 18 heavy (non-hydrogen) atoms. The van der Waals surface area contributed by atoms with Crippen LogP contribution in [0.2, 0.25) is 0 Å². The van der Waals surface area contributed by atoms with Gasteiger partial charge in [-0.15, -0.1) is 0 Å². The molecule has 0 atom stereocenters. The highest BCUT2D eigenvalue weighted by Gasteiger charge is 2.23. The van der Waals surface area contributed by atoms with Crippen LogP contribution in [0.3, 0.4) is 0 Å². The van der Waals surface area contributed by atoms with E-state index in [4.69, 9.17) is 4.74 Å². The SMILES string of the molecule is CC(C)OCCN1CCc2ccc(I)cc2C1=O. The van der Waals surface area contributed by atoms with Gasteiger partial charge in [0, 0.05) is 22.2 Å². The van der Waals surface area contributed by atoms with E-state index in [1.165, 1.54) is 5.56 Å². The first kappa shape index (κ1) is 13.8. The summed E-state index contributed by atoms with van der Waals surface area (Å²) in [5, 5.41) is 0. The molecule has 0 saturated carbocycles. The van der Waals surface area contributed by atoms with Crippen molar-refractivity contribution in [3.63, 3.8) is 0 Å². The minimum atomic E-state index is 0.141. The molecule has 0 aliphatic carbocycles. The predicted molar refractivity (Wildman–Crippen MR) is 79.9 cm³/mol. The molecule has 98 valence electrons. The van der Waals surface area contributed by atoms with Crippen LogP contribution in [0, 0.1) is 3.57 Å². The summed E-state index contributed by atoms with van der Waals surface area (Å²) in [6.07, 6.45) is 1.16. The third kappa shape index (κ3) is 3.23. The molecule has 1 heterocycles. The van der Waals surface area contributed by atoms with Gasteiger partial charge in [-0.1, -0.05) is 6.07 Å². The Morgan fingerprint density at radius 2 is 2.22 bits per heavy atom. The first-order valence-corrected chi connectivity index (χ1v) is 7.35. The van der Waals surface area contributed by atoms with Crippen molar-refractivity contribution in [2.45, 2.75) is 26.4 Å². The van der Waals surface area contributed by atoms with Crippen LogP contribution in [0.5, 0.6) is 0 Å². The van der Waals surface area contributed by atoms with Crippen LogP contribution in [0.4, 0.5) is 0 Å². The number of halogens is 1. The van der Waals surface area contributed by atoms with E-state index < -0.39 is 0 Å². The fraction of sp³-hybridized carbons (Fsp3) is 0.500. The molecule has 0 spiro atoms. The normalized spacial score (nSPS) is 15.1. The van der Waals surface area contributed by atoms with E-state index in [1.54, 1.807) is 0 Å². The van der Waals surface area contributed by atoms with Crippen molar-refractivity contribution < 1.29 is 9.53 Å². The Kier molecular flexibility index (Phi) is 4.61. The van der Waals surface area contributed by atoms with E-state index in [2.05, 4.69) is 34.7 Å². The molecular weight excluding hydrogens is 341 g/mol. The van der Waals surface area contributed by atoms with E-state index in [0.29, 0.717) is 13.2 Å². The summed E-state index contributed by atoms with van der Waals surface area (Å²) in [7, 11) is 0. The standard InChI is InChI=1S/C14H18INO2/c1-10(2)18-8-7-16-6-5-11-3-4-12(15)9-13(11)14(16)17/h3-4,9-10H,5-8H2,1-2H3. The number of hydrogen-bond donors (Lipinski definition) is 0. The van der Waals surface area contributed by atoms with Crippen molar-refractivity contribution in [1.29, 1.82) is 0 Å². The lowest BCUT2D eigenvalue weighted by Gasteiger charge is -2.28. The molecule has 0 saturated heterocycles. The number of hydrogen-bond acceptors (Lipinski definition) is 2. The first-order chi connectivity index (χ1) is 8.58. The van der Waals surface area contributed by atoms with Crippen molar-refractivity contribution in [3.8, 4) is 0 Å². The molecule has 0 bridgehead atoms. The summed E-state index contributed by atoms with van der Waals surface area (Å²) in [5.74, 6) is 0.141. The lowest BCUT2D eigenvalue weighted by molar-refractivity contribution is 0.0471. The Bertz CT molecular complexity index is 445. The van der Waals surface area contributed by atoms with Gasteiger partial charge in [-0.3, -0.25) is 4.79 Å². The molecule has 4 heteroatoms. The number of carbonyl (C=O) groups excluding carboxylic acids is 1. The monoisotopic (exact) mass is 359 g/mol. The molecule has 1 aliphatic rings. The van der Waals surface area contributed by atoms with Crippen LogP contribution in [0.15, 0.2) is 18.2 Å². The van der Waals surface area contributed by atoms with E-state index in [0.717, 1.165) is 22.1 Å². The maximum atomic E-state index is 12.3. The van der Waals surface area contributed by atoms with E-state index in [-0.39, 0.29) is 12.0 Å². The van der Waals surface area contributed by atoms with Crippen LogP contribution in [-0.2, 0) is 11.2 Å². The smallest absolute Gasteiger partial charge is 0.254 e. The number of carbonyl (C=O) groups is 1. The molecule has 2 rings (SSSR count). The van der Waals surface area contributed by atoms with Gasteiger partial charge in [-0.2, -0.15) is 0 Å². The zero-order valence-corrected chi connectivity index (χ0v) is 12.9. The maximum Gasteiger partial charge on any atom is 0.254 e. The Labute approximate surface area is 122 Å². The first-order valence-electron chi connectivity index (χ1n) is 6.27. The van der Waals surface area contributed by atoms with E-state index >= 15 is 0 Å². The predicted octanol–water partition coefficient (Wildman–Crippen LogP) is 2.71. The molecule has 1 aliphatic heterocycles. The van der Waals surface area contributed by atoms with Crippen molar-refractivity contribution in [2.24, 2.45) is 0 Å². The average molecular weight is 359 g/mol. The molecule has 0 radical (unpaired) electrons. The Morgan fingerprint density at radius 1 is 1.44 bits per heavy atom. The van der Waals surface area contributed by atoms with Gasteiger partial charge in [-0.05, 0) is 60.6 Å². The number of nitrogens with zero attached hydrogens (tertiary/aromatic N) is 1. The minimum absolute atomic E-state index is 0.141. The lowest BCUT2D eigenvalue weighted by atomic mass is 9.99. The molecule has 0 aromatic heterocycles. The second kappa shape index (κ2) is 6.02. The van der Waals surface area contributed by atoms with E-state index in [9.17, 15) is 4.79 Å². The molecule has 3 nitrogen and oxygen atoms in total. The summed E-state index contributed by atoms with van der Waals surface area (Å²) in [6.45, 7) is 6.11. The zero-order chi connectivity index (χ0) is 13.1. The molecule has 1 aromatic rings. The fourth-order valence-electron chi connectivity index (χ4n) is 2.11. The van der Waals surface area contributed by atoms with Crippen LogP contribution in [0.1, 0.15) is 29.8 Å². The minimum Gasteiger partial charge on any atom is -0.377 e. The van der Waals surface area contributed by atoms with Crippen LogP contribution < -0.4 is 0 Å². The summed E-state index contributed by atoms with van der Waals surface area (Å²) in [6, 6.07) is 6.11. The number of amides is 1. The third-order valence-corrected chi connectivity index (χ3v) is 3.72. The zero-order valence-electron chi connectivity index (χ0n) is 10.8. The van der Waals surface area contributed by atoms with Crippen LogP contribution >= 0.6 is 22.6 Å². The maximum absolute atomic E-state index is 12.3. The molecule has 1 aromatic carbocycles. The van der Waals surface area contributed by atoms with Crippen molar-refractivity contribution in [1.82, 2.24) is 4.90 Å². The van der Waals surface area contributed by atoms with Gasteiger partial charge in [0.15, 0.2) is 0 Å². The van der Waals surface area contributed by atoms with Gasteiger partial charge in [0.2, 0.25) is 0 Å². The van der Waals surface area contributed by atoms with Gasteiger partial charge in [0.1, 0.15) is 0 Å². The lowest BCUT2D eigenvalue weighted by Crippen LogP contribution is -2.40. The van der Waals surface area contributed by atoms with Gasteiger partial charge < -0.3 is 9.64 Å². The number of benzene rings is 1. The quantitative estimate of drug-likeness (QED) is 0.774. The molecule has 1 amide bonds. The van der Waals surface area contributed by atoms with Gasteiger partial charge >= 0.3 is 0 Å². The molecule has 0 N–H and O–H groups in total. The van der Waals surface area contributed by atoms with E-state index in [1.807, 2.05) is 24.8 Å². The highest BCUT2D eigenvalue weighted by molar-refractivity contribution is 14.1. The Balaban J connectivity index is 2.03. The average Bonchev–Trinajstić information content (AvgIpc) is 2.32. The largest absolute Gasteiger partial charge is 0.377 e. The fourth-order valence-corrected chi connectivity index (χ4v) is 2.60. The highest BCUT2D eigenvalue weighted by atomic mass is 127. The van der Waals surface area contributed by atoms with Crippen LogP contribution in [-0.4, -0.2) is 36.6 Å². The molecule has 0 fully saturated rings. The summed E-state index contributed by atoms with van der Waals surface area (Å²) < 4.78 is 6.62. The number of fused-ring (bicyclic) bond motifs is 1. The summed E-state index contributed by atoms with van der Waals surface area (Å²) in [4.78, 5) is 14.2. The second-order valence-corrected chi connectivity index (χ2v) is 6.01. The Morgan fingerprint density at radius 3 is 2.94 bits per heavy atom. The number of ether oxygens (including phenoxy) is 1. The molecular formula is C14H18INO2. The van der Waals surface area contributed by atoms with Gasteiger partial charge in [0.05, 0.1) is 12.7 Å². The summed E-state index contributed by atoms with van der Waals surface area (Å²) in [5.41, 5.74) is 2.03. The molecule has 0 unspecified atom stereocenters. The topological polar surface area (TPSA) is 29.5 Å². The highest BCUT2D eigenvalue weighted by Crippen LogP contribution is 2.21. The Hall–Kier alpha value is -0.620.